The number of halogens is 1. The first-order valence-electron chi connectivity index (χ1n) is 7.31. The second-order valence-corrected chi connectivity index (χ2v) is 5.52. The Kier molecular flexibility index (Phi) is 6.28. The van der Waals surface area contributed by atoms with E-state index in [1.807, 2.05) is 55.5 Å². The van der Waals surface area contributed by atoms with Gasteiger partial charge in [0, 0.05) is 18.0 Å². The van der Waals surface area contributed by atoms with Gasteiger partial charge in [-0.15, -0.1) is 11.6 Å². The van der Waals surface area contributed by atoms with Crippen molar-refractivity contribution >= 4 is 23.2 Å². The van der Waals surface area contributed by atoms with E-state index in [2.05, 4.69) is 5.32 Å². The molecule has 0 bridgehead atoms. The van der Waals surface area contributed by atoms with Crippen LogP contribution in [0, 0.1) is 6.92 Å². The number of alkyl halides is 1. The van der Waals surface area contributed by atoms with Gasteiger partial charge in [0.05, 0.1) is 0 Å². The molecule has 0 aliphatic heterocycles. The average molecular weight is 318 g/mol. The fourth-order valence-corrected chi connectivity index (χ4v) is 2.14. The fourth-order valence-electron chi connectivity index (χ4n) is 2.01. The van der Waals surface area contributed by atoms with E-state index in [0.29, 0.717) is 25.3 Å². The molecule has 0 aromatic heterocycles. The number of nitrogens with one attached hydrogen (secondary N) is 1. The molecule has 0 aliphatic carbocycles. The zero-order chi connectivity index (χ0) is 15.8. The second-order valence-electron chi connectivity index (χ2n) is 5.14. The molecule has 0 heterocycles. The molecule has 0 radical (unpaired) electrons. The smallest absolute Gasteiger partial charge is 0.224 e. The van der Waals surface area contributed by atoms with Gasteiger partial charge < -0.3 is 10.1 Å². The van der Waals surface area contributed by atoms with Crippen LogP contribution in [0.15, 0.2) is 48.5 Å². The van der Waals surface area contributed by atoms with Crippen molar-refractivity contribution in [3.63, 3.8) is 0 Å². The van der Waals surface area contributed by atoms with Gasteiger partial charge in [-0.1, -0.05) is 24.3 Å². The van der Waals surface area contributed by atoms with Crippen LogP contribution >= 0.6 is 11.6 Å². The van der Waals surface area contributed by atoms with Crippen molar-refractivity contribution in [3.8, 4) is 5.75 Å². The minimum absolute atomic E-state index is 0.00980. The zero-order valence-electron chi connectivity index (χ0n) is 12.6. The molecule has 0 fully saturated rings. The summed E-state index contributed by atoms with van der Waals surface area (Å²) in [5, 5.41) is 2.85. The quantitative estimate of drug-likeness (QED) is 0.762. The number of benzene rings is 2. The van der Waals surface area contributed by atoms with Gasteiger partial charge >= 0.3 is 0 Å². The van der Waals surface area contributed by atoms with Crippen molar-refractivity contribution in [2.24, 2.45) is 0 Å². The highest BCUT2D eigenvalue weighted by Gasteiger charge is 2.02. The van der Waals surface area contributed by atoms with Crippen LogP contribution in [0.5, 0.6) is 5.75 Å². The topological polar surface area (TPSA) is 38.3 Å². The number of carbonyl (C=O) groups excluding carboxylic acids is 1. The molecule has 2 aromatic rings. The van der Waals surface area contributed by atoms with E-state index in [4.69, 9.17) is 16.3 Å². The van der Waals surface area contributed by atoms with E-state index >= 15 is 0 Å². The van der Waals surface area contributed by atoms with Crippen molar-refractivity contribution in [2.75, 3.05) is 11.2 Å². The summed E-state index contributed by atoms with van der Waals surface area (Å²) < 4.78 is 5.74. The van der Waals surface area contributed by atoms with Gasteiger partial charge in [0.2, 0.25) is 5.91 Å². The van der Waals surface area contributed by atoms with E-state index < -0.39 is 0 Å². The Morgan fingerprint density at radius 3 is 2.64 bits per heavy atom. The standard InChI is InChI=1S/C18H20ClNO2/c1-14-4-2-5-17(12-14)22-13-15-7-9-16(10-8-15)20-18(21)6-3-11-19/h2,4-5,7-10,12H,3,6,11,13H2,1H3,(H,20,21). The van der Waals surface area contributed by atoms with Crippen molar-refractivity contribution in [1.29, 1.82) is 0 Å². The Morgan fingerprint density at radius 1 is 1.18 bits per heavy atom. The van der Waals surface area contributed by atoms with Crippen LogP contribution in [0.25, 0.3) is 0 Å². The molecule has 0 atom stereocenters. The van der Waals surface area contributed by atoms with Gasteiger partial charge in [0.1, 0.15) is 12.4 Å². The monoisotopic (exact) mass is 317 g/mol. The number of hydrogen-bond acceptors (Lipinski definition) is 2. The number of hydrogen-bond donors (Lipinski definition) is 1. The lowest BCUT2D eigenvalue weighted by Gasteiger charge is -2.08. The normalized spacial score (nSPS) is 10.3. The molecule has 0 unspecified atom stereocenters. The summed E-state index contributed by atoms with van der Waals surface area (Å²) in [6.07, 6.45) is 1.14. The number of anilines is 1. The molecule has 0 spiro atoms. The van der Waals surface area contributed by atoms with Crippen LogP contribution in [0.3, 0.4) is 0 Å². The summed E-state index contributed by atoms with van der Waals surface area (Å²) in [5.74, 6) is 1.35. The first-order chi connectivity index (χ1) is 10.7. The van der Waals surface area contributed by atoms with E-state index in [1.165, 1.54) is 5.56 Å². The van der Waals surface area contributed by atoms with Crippen molar-refractivity contribution in [3.05, 3.63) is 59.7 Å². The van der Waals surface area contributed by atoms with Gasteiger partial charge in [-0.05, 0) is 48.7 Å². The van der Waals surface area contributed by atoms with Crippen LogP contribution in [0.4, 0.5) is 5.69 Å². The third-order valence-corrected chi connectivity index (χ3v) is 3.44. The molecule has 116 valence electrons. The SMILES string of the molecule is Cc1cccc(OCc2ccc(NC(=O)CCCCl)cc2)c1. The molecular weight excluding hydrogens is 298 g/mol. The number of amides is 1. The van der Waals surface area contributed by atoms with Gasteiger partial charge in [-0.2, -0.15) is 0 Å². The zero-order valence-corrected chi connectivity index (χ0v) is 13.4. The molecule has 0 saturated carbocycles. The first kappa shape index (κ1) is 16.4. The first-order valence-corrected chi connectivity index (χ1v) is 7.85. The van der Waals surface area contributed by atoms with Crippen LogP contribution < -0.4 is 10.1 Å². The maximum Gasteiger partial charge on any atom is 0.224 e. The molecule has 0 saturated heterocycles. The highest BCUT2D eigenvalue weighted by molar-refractivity contribution is 6.18. The van der Waals surface area contributed by atoms with Crippen LogP contribution in [-0.4, -0.2) is 11.8 Å². The molecule has 0 aliphatic rings. The Hall–Kier alpha value is -2.00. The van der Waals surface area contributed by atoms with Crippen molar-refractivity contribution < 1.29 is 9.53 Å². The summed E-state index contributed by atoms with van der Waals surface area (Å²) >= 11 is 5.57. The van der Waals surface area contributed by atoms with E-state index in [-0.39, 0.29) is 5.91 Å². The maximum atomic E-state index is 11.6. The van der Waals surface area contributed by atoms with Crippen LogP contribution in [0.1, 0.15) is 24.0 Å². The number of carbonyl (C=O) groups is 1. The molecule has 2 rings (SSSR count). The predicted octanol–water partition coefficient (Wildman–Crippen LogP) is 4.53. The summed E-state index contributed by atoms with van der Waals surface area (Å²) in [6.45, 7) is 2.54. The second kappa shape index (κ2) is 8.44. The Bertz CT molecular complexity index is 611. The van der Waals surface area contributed by atoms with Crippen molar-refractivity contribution in [2.45, 2.75) is 26.4 Å². The number of rotatable bonds is 7. The number of aryl methyl sites for hydroxylation is 1. The fraction of sp³-hybridized carbons (Fsp3) is 0.278. The lowest BCUT2D eigenvalue weighted by molar-refractivity contribution is -0.116. The predicted molar refractivity (Wildman–Crippen MR) is 90.5 cm³/mol. The van der Waals surface area contributed by atoms with Gasteiger partial charge in [-0.3, -0.25) is 4.79 Å². The molecule has 4 heteroatoms. The molecule has 1 amide bonds. The maximum absolute atomic E-state index is 11.6. The minimum Gasteiger partial charge on any atom is -0.489 e. The average Bonchev–Trinajstić information content (AvgIpc) is 2.52. The third kappa shape index (κ3) is 5.41. The molecule has 22 heavy (non-hydrogen) atoms. The van der Waals surface area contributed by atoms with Gasteiger partial charge in [0.25, 0.3) is 0 Å². The Balaban J connectivity index is 1.85. The van der Waals surface area contributed by atoms with Crippen molar-refractivity contribution in [1.82, 2.24) is 0 Å². The van der Waals surface area contributed by atoms with Crippen LogP contribution in [0.2, 0.25) is 0 Å². The summed E-state index contributed by atoms with van der Waals surface area (Å²) in [5.41, 5.74) is 3.02. The van der Waals surface area contributed by atoms with Gasteiger partial charge in [-0.25, -0.2) is 0 Å². The summed E-state index contributed by atoms with van der Waals surface area (Å²) in [7, 11) is 0. The highest BCUT2D eigenvalue weighted by Crippen LogP contribution is 2.16. The highest BCUT2D eigenvalue weighted by atomic mass is 35.5. The van der Waals surface area contributed by atoms with Crippen LogP contribution in [-0.2, 0) is 11.4 Å². The summed E-state index contributed by atoms with van der Waals surface area (Å²) in [6, 6.07) is 15.6. The lowest BCUT2D eigenvalue weighted by atomic mass is 10.2. The molecule has 2 aromatic carbocycles. The molecule has 3 nitrogen and oxygen atoms in total. The Labute approximate surface area is 136 Å². The summed E-state index contributed by atoms with van der Waals surface area (Å²) in [4.78, 5) is 11.6. The van der Waals surface area contributed by atoms with E-state index in [0.717, 1.165) is 17.0 Å². The van der Waals surface area contributed by atoms with Gasteiger partial charge in [0.15, 0.2) is 0 Å². The molecule has 1 N–H and O–H groups in total. The largest absolute Gasteiger partial charge is 0.489 e. The lowest BCUT2D eigenvalue weighted by Crippen LogP contribution is -2.11. The Morgan fingerprint density at radius 2 is 1.95 bits per heavy atom. The molecular formula is C18H20ClNO2. The number of ether oxygens (including phenoxy) is 1. The van der Waals surface area contributed by atoms with E-state index in [9.17, 15) is 4.79 Å². The van der Waals surface area contributed by atoms with E-state index in [1.54, 1.807) is 0 Å². The third-order valence-electron chi connectivity index (χ3n) is 3.17. The minimum atomic E-state index is -0.00980.